The molecule has 0 aliphatic heterocycles. The molecule has 112 valence electrons. The van der Waals surface area contributed by atoms with Crippen LogP contribution in [0.25, 0.3) is 0 Å². The van der Waals surface area contributed by atoms with Crippen LogP contribution in [0, 0.1) is 23.5 Å². The Hall–Kier alpha value is -1.49. The van der Waals surface area contributed by atoms with Gasteiger partial charge in [-0.3, -0.25) is 4.79 Å². The van der Waals surface area contributed by atoms with Crippen LogP contribution in [-0.4, -0.2) is 17.6 Å². The minimum Gasteiger partial charge on any atom is -0.481 e. The van der Waals surface area contributed by atoms with E-state index in [1.165, 1.54) is 6.07 Å². The maximum atomic E-state index is 13.5. The van der Waals surface area contributed by atoms with E-state index in [0.29, 0.717) is 24.8 Å². The number of benzene rings is 1. The van der Waals surface area contributed by atoms with Crippen LogP contribution in [0.1, 0.15) is 31.7 Å². The van der Waals surface area contributed by atoms with Gasteiger partial charge >= 0.3 is 5.97 Å². The van der Waals surface area contributed by atoms with Crippen LogP contribution in [-0.2, 0) is 11.2 Å². The second-order valence-electron chi connectivity index (χ2n) is 5.06. The summed E-state index contributed by atoms with van der Waals surface area (Å²) in [5, 5.41) is 8.99. The fourth-order valence-electron chi connectivity index (χ4n) is 2.28. The van der Waals surface area contributed by atoms with Gasteiger partial charge in [0.05, 0.1) is 5.92 Å². The molecule has 2 atom stereocenters. The molecule has 0 amide bonds. The zero-order chi connectivity index (χ0) is 15.1. The molecule has 3 N–H and O–H groups in total. The highest BCUT2D eigenvalue weighted by Crippen LogP contribution is 2.22. The normalized spacial score (nSPS) is 14.0. The van der Waals surface area contributed by atoms with E-state index >= 15 is 0 Å². The zero-order valence-electron chi connectivity index (χ0n) is 11.6. The zero-order valence-corrected chi connectivity index (χ0v) is 11.6. The van der Waals surface area contributed by atoms with Gasteiger partial charge in [-0.1, -0.05) is 13.3 Å². The number of rotatable bonds is 8. The Morgan fingerprint density at radius 3 is 2.65 bits per heavy atom. The van der Waals surface area contributed by atoms with E-state index in [1.54, 1.807) is 0 Å². The monoisotopic (exact) mass is 285 g/mol. The first kappa shape index (κ1) is 16.6. The predicted molar refractivity (Wildman–Crippen MR) is 73.3 cm³/mol. The van der Waals surface area contributed by atoms with Crippen LogP contribution in [0.4, 0.5) is 8.78 Å². The molecule has 20 heavy (non-hydrogen) atoms. The average Bonchev–Trinajstić information content (AvgIpc) is 2.42. The lowest BCUT2D eigenvalue weighted by Gasteiger charge is -2.19. The van der Waals surface area contributed by atoms with Gasteiger partial charge in [-0.25, -0.2) is 8.78 Å². The second-order valence-corrected chi connectivity index (χ2v) is 5.06. The molecule has 0 radical (unpaired) electrons. The van der Waals surface area contributed by atoms with E-state index in [1.807, 2.05) is 6.92 Å². The topological polar surface area (TPSA) is 63.3 Å². The maximum Gasteiger partial charge on any atom is 0.307 e. The summed E-state index contributed by atoms with van der Waals surface area (Å²) in [6.07, 6.45) is 2.29. The molecule has 0 aromatic heterocycles. The SMILES string of the molecule is CCC(CCc1cc(F)ccc1F)CC(CN)C(=O)O. The summed E-state index contributed by atoms with van der Waals surface area (Å²) in [6.45, 7) is 2.06. The predicted octanol–water partition coefficient (Wildman–Crippen LogP) is 2.97. The van der Waals surface area contributed by atoms with E-state index < -0.39 is 23.5 Å². The molecule has 0 bridgehead atoms. The van der Waals surface area contributed by atoms with Gasteiger partial charge in [0, 0.05) is 6.54 Å². The van der Waals surface area contributed by atoms with Gasteiger partial charge in [0.15, 0.2) is 0 Å². The van der Waals surface area contributed by atoms with E-state index in [2.05, 4.69) is 0 Å². The largest absolute Gasteiger partial charge is 0.481 e. The Labute approximate surface area is 117 Å². The molecular weight excluding hydrogens is 264 g/mol. The molecule has 0 aliphatic carbocycles. The molecule has 0 saturated carbocycles. The summed E-state index contributed by atoms with van der Waals surface area (Å²) < 4.78 is 26.6. The van der Waals surface area contributed by atoms with Crippen molar-refractivity contribution in [3.05, 3.63) is 35.4 Å². The Bertz CT molecular complexity index is 451. The summed E-state index contributed by atoms with van der Waals surface area (Å²) >= 11 is 0. The van der Waals surface area contributed by atoms with Crippen molar-refractivity contribution < 1.29 is 18.7 Å². The van der Waals surface area contributed by atoms with E-state index in [9.17, 15) is 13.6 Å². The Morgan fingerprint density at radius 2 is 2.10 bits per heavy atom. The highest BCUT2D eigenvalue weighted by atomic mass is 19.1. The number of aryl methyl sites for hydroxylation is 1. The highest BCUT2D eigenvalue weighted by Gasteiger charge is 2.20. The molecule has 2 unspecified atom stereocenters. The molecule has 0 spiro atoms. The van der Waals surface area contributed by atoms with Crippen LogP contribution in [0.15, 0.2) is 18.2 Å². The van der Waals surface area contributed by atoms with Crippen LogP contribution >= 0.6 is 0 Å². The first-order valence-electron chi connectivity index (χ1n) is 6.84. The Morgan fingerprint density at radius 1 is 1.40 bits per heavy atom. The summed E-state index contributed by atoms with van der Waals surface area (Å²) in [6, 6.07) is 3.40. The number of halogens is 2. The van der Waals surface area contributed by atoms with Crippen molar-refractivity contribution in [3.63, 3.8) is 0 Å². The summed E-state index contributed by atoms with van der Waals surface area (Å²) in [7, 11) is 0. The van der Waals surface area contributed by atoms with Gasteiger partial charge in [0.25, 0.3) is 0 Å². The van der Waals surface area contributed by atoms with Crippen molar-refractivity contribution in [2.75, 3.05) is 6.54 Å². The summed E-state index contributed by atoms with van der Waals surface area (Å²) in [5.74, 6) is -2.21. The van der Waals surface area contributed by atoms with Crippen molar-refractivity contribution in [3.8, 4) is 0 Å². The average molecular weight is 285 g/mol. The quantitative estimate of drug-likeness (QED) is 0.772. The molecule has 0 heterocycles. The second kappa shape index (κ2) is 7.94. The summed E-state index contributed by atoms with van der Waals surface area (Å²) in [4.78, 5) is 11.0. The van der Waals surface area contributed by atoms with Gasteiger partial charge in [-0.2, -0.15) is 0 Å². The minimum atomic E-state index is -0.900. The third kappa shape index (κ3) is 4.89. The van der Waals surface area contributed by atoms with Gasteiger partial charge in [0.1, 0.15) is 11.6 Å². The lowest BCUT2D eigenvalue weighted by Crippen LogP contribution is -2.26. The van der Waals surface area contributed by atoms with E-state index in [-0.39, 0.29) is 12.5 Å². The van der Waals surface area contributed by atoms with Crippen molar-refractivity contribution in [1.29, 1.82) is 0 Å². The highest BCUT2D eigenvalue weighted by molar-refractivity contribution is 5.70. The smallest absolute Gasteiger partial charge is 0.307 e. The number of carboxylic acids is 1. The Kier molecular flexibility index (Phi) is 6.58. The number of hydrogen-bond donors (Lipinski definition) is 2. The van der Waals surface area contributed by atoms with Gasteiger partial charge < -0.3 is 10.8 Å². The standard InChI is InChI=1S/C15H21F2NO2/c1-2-10(7-12(9-18)15(19)20)3-4-11-8-13(16)5-6-14(11)17/h5-6,8,10,12H,2-4,7,9,18H2,1H3,(H,19,20). The van der Waals surface area contributed by atoms with E-state index in [4.69, 9.17) is 10.8 Å². The third-order valence-electron chi connectivity index (χ3n) is 3.66. The molecule has 1 aromatic carbocycles. The lowest BCUT2D eigenvalue weighted by atomic mass is 9.88. The van der Waals surface area contributed by atoms with Gasteiger partial charge in [0.2, 0.25) is 0 Å². The van der Waals surface area contributed by atoms with Crippen molar-refractivity contribution in [1.82, 2.24) is 0 Å². The van der Waals surface area contributed by atoms with Gasteiger partial charge in [-0.15, -0.1) is 0 Å². The first-order chi connectivity index (χ1) is 9.47. The maximum absolute atomic E-state index is 13.5. The summed E-state index contributed by atoms with van der Waals surface area (Å²) in [5.41, 5.74) is 5.77. The van der Waals surface area contributed by atoms with Crippen molar-refractivity contribution in [2.24, 2.45) is 17.6 Å². The lowest BCUT2D eigenvalue weighted by molar-refractivity contribution is -0.142. The minimum absolute atomic E-state index is 0.0974. The molecule has 0 aliphatic rings. The van der Waals surface area contributed by atoms with Crippen LogP contribution in [0.2, 0.25) is 0 Å². The molecule has 0 fully saturated rings. The van der Waals surface area contributed by atoms with Gasteiger partial charge in [-0.05, 0) is 48.9 Å². The van der Waals surface area contributed by atoms with E-state index in [0.717, 1.165) is 18.6 Å². The molecule has 1 aromatic rings. The number of nitrogens with two attached hydrogens (primary N) is 1. The number of carboxylic acid groups (broad SMARTS) is 1. The Balaban J connectivity index is 2.60. The molecule has 3 nitrogen and oxygen atoms in total. The van der Waals surface area contributed by atoms with Crippen molar-refractivity contribution in [2.45, 2.75) is 32.6 Å². The molecular formula is C15H21F2NO2. The van der Waals surface area contributed by atoms with Crippen molar-refractivity contribution >= 4 is 5.97 Å². The first-order valence-corrected chi connectivity index (χ1v) is 6.84. The fraction of sp³-hybridized carbons (Fsp3) is 0.533. The number of aliphatic carboxylic acids is 1. The number of hydrogen-bond acceptors (Lipinski definition) is 2. The van der Waals surface area contributed by atoms with Crippen LogP contribution < -0.4 is 5.73 Å². The van der Waals surface area contributed by atoms with Crippen LogP contribution in [0.3, 0.4) is 0 Å². The molecule has 0 saturated heterocycles. The number of carbonyl (C=O) groups is 1. The molecule has 5 heteroatoms. The fourth-order valence-corrected chi connectivity index (χ4v) is 2.28. The van der Waals surface area contributed by atoms with Crippen LogP contribution in [0.5, 0.6) is 0 Å². The third-order valence-corrected chi connectivity index (χ3v) is 3.66. The molecule has 1 rings (SSSR count).